The van der Waals surface area contributed by atoms with Crippen molar-refractivity contribution >= 4 is 15.9 Å². The molecule has 122 valence electrons. The van der Waals surface area contributed by atoms with Gasteiger partial charge in [0.15, 0.2) is 11.6 Å². The summed E-state index contributed by atoms with van der Waals surface area (Å²) in [6, 6.07) is 3.06. The molecule has 0 aliphatic carbocycles. The number of nitrogens with zero attached hydrogens (tertiary/aromatic N) is 1. The first-order valence-corrected chi connectivity index (χ1v) is 8.84. The summed E-state index contributed by atoms with van der Waals surface area (Å²) in [5.74, 6) is -2.41. The second kappa shape index (κ2) is 6.70. The number of hydrogen-bond donors (Lipinski definition) is 1. The van der Waals surface area contributed by atoms with Crippen molar-refractivity contribution in [3.8, 4) is 0 Å². The summed E-state index contributed by atoms with van der Waals surface area (Å²) in [5, 5.41) is 0. The number of sulfonamides is 1. The molecule has 1 amide bonds. The van der Waals surface area contributed by atoms with Gasteiger partial charge >= 0.3 is 0 Å². The summed E-state index contributed by atoms with van der Waals surface area (Å²) in [5.41, 5.74) is 0.0932. The predicted octanol–water partition coefficient (Wildman–Crippen LogP) is 1.37. The smallest absolute Gasteiger partial charge is 0.253 e. The Balaban J connectivity index is 2.02. The van der Waals surface area contributed by atoms with Crippen LogP contribution in [0.2, 0.25) is 0 Å². The van der Waals surface area contributed by atoms with Crippen LogP contribution in [0.5, 0.6) is 0 Å². The maximum Gasteiger partial charge on any atom is 0.253 e. The molecule has 0 unspecified atom stereocenters. The first-order chi connectivity index (χ1) is 10.3. The lowest BCUT2D eigenvalue weighted by atomic mass is 9.97. The van der Waals surface area contributed by atoms with Crippen molar-refractivity contribution in [1.82, 2.24) is 9.62 Å². The molecule has 1 N–H and O–H groups in total. The van der Waals surface area contributed by atoms with Gasteiger partial charge in [-0.1, -0.05) is 0 Å². The monoisotopic (exact) mass is 332 g/mol. The highest BCUT2D eigenvalue weighted by Crippen LogP contribution is 2.19. The van der Waals surface area contributed by atoms with E-state index in [0.29, 0.717) is 13.1 Å². The minimum Gasteiger partial charge on any atom is -0.338 e. The Hall–Kier alpha value is -1.54. The van der Waals surface area contributed by atoms with Crippen LogP contribution in [0.15, 0.2) is 18.2 Å². The summed E-state index contributed by atoms with van der Waals surface area (Å²) in [6.45, 7) is 1.17. The molecule has 1 aromatic rings. The molecule has 8 heteroatoms. The lowest BCUT2D eigenvalue weighted by molar-refractivity contribution is 0.0676. The van der Waals surface area contributed by atoms with Crippen LogP contribution < -0.4 is 4.72 Å². The van der Waals surface area contributed by atoms with Gasteiger partial charge in [-0.15, -0.1) is 0 Å². The third kappa shape index (κ3) is 4.48. The van der Waals surface area contributed by atoms with Gasteiger partial charge in [0.2, 0.25) is 10.0 Å². The third-order valence-electron chi connectivity index (χ3n) is 3.61. The molecule has 1 aromatic carbocycles. The molecule has 0 saturated carbocycles. The van der Waals surface area contributed by atoms with Crippen molar-refractivity contribution in [2.24, 2.45) is 5.92 Å². The van der Waals surface area contributed by atoms with Gasteiger partial charge in [0, 0.05) is 25.2 Å². The Labute approximate surface area is 128 Å². The quantitative estimate of drug-likeness (QED) is 0.905. The highest BCUT2D eigenvalue weighted by molar-refractivity contribution is 7.88. The molecule has 1 atom stereocenters. The number of likely N-dealkylation sites (tertiary alicyclic amines) is 1. The molecule has 1 aliphatic heterocycles. The van der Waals surface area contributed by atoms with Crippen LogP contribution in [0.1, 0.15) is 23.2 Å². The lowest BCUT2D eigenvalue weighted by Gasteiger charge is -2.32. The van der Waals surface area contributed by atoms with Crippen molar-refractivity contribution < 1.29 is 22.0 Å². The number of carbonyl (C=O) groups is 1. The summed E-state index contributed by atoms with van der Waals surface area (Å²) in [6.07, 6.45) is 2.63. The summed E-state index contributed by atoms with van der Waals surface area (Å²) < 4.78 is 50.8. The number of piperidine rings is 1. The lowest BCUT2D eigenvalue weighted by Crippen LogP contribution is -2.43. The molecule has 0 aromatic heterocycles. The number of amides is 1. The highest BCUT2D eigenvalue weighted by Gasteiger charge is 2.25. The Morgan fingerprint density at radius 1 is 1.36 bits per heavy atom. The zero-order valence-electron chi connectivity index (χ0n) is 12.2. The van der Waals surface area contributed by atoms with E-state index in [2.05, 4.69) is 4.72 Å². The first-order valence-electron chi connectivity index (χ1n) is 6.95. The number of carbonyl (C=O) groups excluding carboxylic acids is 1. The zero-order chi connectivity index (χ0) is 16.3. The maximum absolute atomic E-state index is 13.2. The number of benzene rings is 1. The summed E-state index contributed by atoms with van der Waals surface area (Å²) in [7, 11) is -3.27. The normalized spacial score (nSPS) is 19.2. The molecule has 1 aliphatic rings. The Morgan fingerprint density at radius 3 is 2.73 bits per heavy atom. The van der Waals surface area contributed by atoms with Gasteiger partial charge in [0.1, 0.15) is 0 Å². The van der Waals surface area contributed by atoms with Crippen molar-refractivity contribution in [1.29, 1.82) is 0 Å². The predicted molar refractivity (Wildman–Crippen MR) is 77.8 cm³/mol. The van der Waals surface area contributed by atoms with Crippen LogP contribution >= 0.6 is 0 Å². The number of hydrogen-bond acceptors (Lipinski definition) is 3. The Kier molecular flexibility index (Phi) is 5.12. The van der Waals surface area contributed by atoms with Gasteiger partial charge < -0.3 is 4.90 Å². The Bertz CT molecular complexity index is 664. The van der Waals surface area contributed by atoms with Crippen LogP contribution in [0.25, 0.3) is 0 Å². The van der Waals surface area contributed by atoms with E-state index in [9.17, 15) is 22.0 Å². The molecule has 1 fully saturated rings. The molecular formula is C14H18F2N2O3S. The van der Waals surface area contributed by atoms with Gasteiger partial charge in [-0.3, -0.25) is 4.79 Å². The van der Waals surface area contributed by atoms with Crippen LogP contribution in [-0.4, -0.2) is 45.1 Å². The van der Waals surface area contributed by atoms with Crippen molar-refractivity contribution in [3.05, 3.63) is 35.4 Å². The second-order valence-electron chi connectivity index (χ2n) is 5.51. The topological polar surface area (TPSA) is 66.5 Å². The van der Waals surface area contributed by atoms with Gasteiger partial charge in [0.25, 0.3) is 5.91 Å². The fourth-order valence-corrected chi connectivity index (χ4v) is 3.04. The second-order valence-corrected chi connectivity index (χ2v) is 7.34. The van der Waals surface area contributed by atoms with Gasteiger partial charge in [-0.2, -0.15) is 0 Å². The van der Waals surface area contributed by atoms with Gasteiger partial charge in [-0.25, -0.2) is 21.9 Å². The minimum atomic E-state index is -3.27. The molecule has 0 radical (unpaired) electrons. The van der Waals surface area contributed by atoms with Gasteiger partial charge in [0.05, 0.1) is 6.26 Å². The van der Waals surface area contributed by atoms with Crippen LogP contribution in [-0.2, 0) is 10.0 Å². The average Bonchev–Trinajstić information content (AvgIpc) is 2.47. The molecule has 5 nitrogen and oxygen atoms in total. The van der Waals surface area contributed by atoms with Crippen molar-refractivity contribution in [2.45, 2.75) is 12.8 Å². The van der Waals surface area contributed by atoms with Crippen molar-refractivity contribution in [2.75, 3.05) is 25.9 Å². The van der Waals surface area contributed by atoms with E-state index in [1.165, 1.54) is 6.07 Å². The van der Waals surface area contributed by atoms with Gasteiger partial charge in [-0.05, 0) is 37.0 Å². The molecule has 0 spiro atoms. The standard InChI is InChI=1S/C14H18F2N2O3S/c1-22(20,21)17-8-10-3-2-6-18(9-10)14(19)11-4-5-12(15)13(16)7-11/h4-5,7,10,17H,2-3,6,8-9H2,1H3/t10-/m1/s1. The zero-order valence-corrected chi connectivity index (χ0v) is 13.0. The SMILES string of the molecule is CS(=O)(=O)NC[C@H]1CCCN(C(=O)c2ccc(F)c(F)c2)C1. The fourth-order valence-electron chi connectivity index (χ4n) is 2.50. The van der Waals surface area contributed by atoms with Crippen LogP contribution in [0.3, 0.4) is 0 Å². The number of rotatable bonds is 4. The molecular weight excluding hydrogens is 314 g/mol. The molecule has 0 bridgehead atoms. The summed E-state index contributed by atoms with van der Waals surface area (Å²) in [4.78, 5) is 13.9. The maximum atomic E-state index is 13.2. The first kappa shape index (κ1) is 16.8. The largest absolute Gasteiger partial charge is 0.338 e. The van der Waals surface area contributed by atoms with E-state index in [-0.39, 0.29) is 23.9 Å². The highest BCUT2D eigenvalue weighted by atomic mass is 32.2. The van der Waals surface area contributed by atoms with Crippen molar-refractivity contribution in [3.63, 3.8) is 0 Å². The average molecular weight is 332 g/mol. The third-order valence-corrected chi connectivity index (χ3v) is 4.30. The molecule has 22 heavy (non-hydrogen) atoms. The number of halogens is 2. The van der Waals surface area contributed by atoms with E-state index in [4.69, 9.17) is 0 Å². The van der Waals surface area contributed by atoms with E-state index in [1.54, 1.807) is 4.90 Å². The Morgan fingerprint density at radius 2 is 2.09 bits per heavy atom. The minimum absolute atomic E-state index is 0.0118. The summed E-state index contributed by atoms with van der Waals surface area (Å²) >= 11 is 0. The van der Waals surface area contributed by atoms with E-state index in [0.717, 1.165) is 31.2 Å². The van der Waals surface area contributed by atoms with E-state index in [1.807, 2.05) is 0 Å². The molecule has 1 heterocycles. The van der Waals surface area contributed by atoms with Crippen LogP contribution in [0, 0.1) is 17.6 Å². The number of nitrogens with one attached hydrogen (secondary N) is 1. The molecule has 2 rings (SSSR count). The van der Waals surface area contributed by atoms with E-state index >= 15 is 0 Å². The van der Waals surface area contributed by atoms with E-state index < -0.39 is 21.7 Å². The van der Waals surface area contributed by atoms with Crippen LogP contribution in [0.4, 0.5) is 8.78 Å². The fraction of sp³-hybridized carbons (Fsp3) is 0.500. The molecule has 1 saturated heterocycles.